The molecule has 0 amide bonds. The van der Waals surface area contributed by atoms with Crippen molar-refractivity contribution in [3.05, 3.63) is 59.7 Å². The fourth-order valence-corrected chi connectivity index (χ4v) is 2.29. The first-order valence-corrected chi connectivity index (χ1v) is 9.33. The molecule has 0 radical (unpaired) electrons. The number of rotatable bonds is 5. The van der Waals surface area contributed by atoms with Crippen LogP contribution in [0.3, 0.4) is 0 Å². The zero-order chi connectivity index (χ0) is 19.9. The quantitative estimate of drug-likeness (QED) is 0.652. The van der Waals surface area contributed by atoms with Crippen molar-refractivity contribution in [1.29, 1.82) is 0 Å². The number of nitrogen functional groups attached to an aromatic ring is 1. The highest BCUT2D eigenvalue weighted by molar-refractivity contribution is 5.76. The Bertz CT molecular complexity index is 603. The van der Waals surface area contributed by atoms with Crippen molar-refractivity contribution in [2.45, 2.75) is 59.8 Å². The Morgan fingerprint density at radius 2 is 1.50 bits per heavy atom. The highest BCUT2D eigenvalue weighted by atomic mass is 16.5. The molecule has 1 unspecified atom stereocenters. The molecule has 2 rings (SSSR count). The summed E-state index contributed by atoms with van der Waals surface area (Å²) in [4.78, 5) is 11.0. The number of hydrogen-bond donors (Lipinski definition) is 1. The Kier molecular flexibility index (Phi) is 12.7. The number of carbonyl (C=O) groups excluding carboxylic acids is 1. The van der Waals surface area contributed by atoms with Crippen molar-refractivity contribution in [3.63, 3.8) is 0 Å². The Labute approximate surface area is 159 Å². The molecule has 0 saturated carbocycles. The van der Waals surface area contributed by atoms with Crippen LogP contribution in [0.2, 0.25) is 0 Å². The van der Waals surface area contributed by atoms with Gasteiger partial charge in [0.15, 0.2) is 0 Å². The molecule has 0 aliphatic carbocycles. The first-order valence-electron chi connectivity index (χ1n) is 9.33. The number of aryl methyl sites for hydroxylation is 1. The zero-order valence-electron chi connectivity index (χ0n) is 17.2. The predicted octanol–water partition coefficient (Wildman–Crippen LogP) is 6.16. The van der Waals surface area contributed by atoms with Crippen LogP contribution in [0.15, 0.2) is 48.5 Å². The number of Topliss-reactive ketones (excluding diaryl/α,β-unsaturated/α-hetero) is 1. The van der Waals surface area contributed by atoms with Gasteiger partial charge in [-0.1, -0.05) is 57.0 Å². The third kappa shape index (κ3) is 10.5. The average Bonchev–Trinajstić information content (AvgIpc) is 2.62. The van der Waals surface area contributed by atoms with E-state index < -0.39 is 0 Å². The molecule has 0 heterocycles. The van der Waals surface area contributed by atoms with Gasteiger partial charge < -0.3 is 15.3 Å². The zero-order valence-corrected chi connectivity index (χ0v) is 17.2. The lowest BCUT2D eigenvalue weighted by molar-refractivity contribution is -0.117. The van der Waals surface area contributed by atoms with E-state index in [1.54, 1.807) is 14.0 Å². The van der Waals surface area contributed by atoms with Crippen molar-refractivity contribution in [1.82, 2.24) is 0 Å². The Hall–Kier alpha value is -2.29. The van der Waals surface area contributed by atoms with E-state index in [1.807, 2.05) is 48.5 Å². The molecule has 3 nitrogen and oxygen atoms in total. The number of ether oxygens (including phenoxy) is 1. The first kappa shape index (κ1) is 23.7. The van der Waals surface area contributed by atoms with Gasteiger partial charge in [-0.15, -0.1) is 0 Å². The Balaban J connectivity index is 0.000000446. The monoisotopic (exact) mass is 357 g/mol. The van der Waals surface area contributed by atoms with E-state index in [1.165, 1.54) is 17.5 Å². The van der Waals surface area contributed by atoms with Crippen molar-refractivity contribution in [3.8, 4) is 5.75 Å². The fraction of sp³-hybridized carbons (Fsp3) is 0.435. The molecule has 2 aromatic carbocycles. The summed E-state index contributed by atoms with van der Waals surface area (Å²) in [6.07, 6.45) is 2.86. The molecular formula is C23H35NO2. The van der Waals surface area contributed by atoms with Crippen LogP contribution in [0.25, 0.3) is 0 Å². The second-order valence-electron chi connectivity index (χ2n) is 6.40. The first-order chi connectivity index (χ1) is 12.4. The lowest BCUT2D eigenvalue weighted by Gasteiger charge is -2.13. The molecule has 0 aliphatic heterocycles. The minimum absolute atomic E-state index is 0.244. The van der Waals surface area contributed by atoms with Gasteiger partial charge in [0.05, 0.1) is 7.11 Å². The molecular weight excluding hydrogens is 322 g/mol. The van der Waals surface area contributed by atoms with Gasteiger partial charge >= 0.3 is 0 Å². The normalized spacial score (nSPS) is 10.5. The van der Waals surface area contributed by atoms with E-state index in [0.717, 1.165) is 17.9 Å². The summed E-state index contributed by atoms with van der Waals surface area (Å²) in [7, 11) is 1.67. The molecule has 2 N–H and O–H groups in total. The Morgan fingerprint density at radius 3 is 1.88 bits per heavy atom. The van der Waals surface area contributed by atoms with Gasteiger partial charge in [-0.25, -0.2) is 0 Å². The minimum Gasteiger partial charge on any atom is -0.497 e. The number of benzene rings is 2. The summed E-state index contributed by atoms with van der Waals surface area (Å²) in [6, 6.07) is 15.7. The maximum Gasteiger partial charge on any atom is 0.130 e. The lowest BCUT2D eigenvalue weighted by Crippen LogP contribution is -2.03. The third-order valence-electron chi connectivity index (χ3n) is 3.69. The van der Waals surface area contributed by atoms with E-state index in [-0.39, 0.29) is 5.78 Å². The van der Waals surface area contributed by atoms with Crippen LogP contribution in [-0.4, -0.2) is 12.9 Å². The van der Waals surface area contributed by atoms with E-state index in [0.29, 0.717) is 12.3 Å². The van der Waals surface area contributed by atoms with Gasteiger partial charge in [0.25, 0.3) is 0 Å². The number of nitrogens with two attached hydrogens (primary N) is 1. The van der Waals surface area contributed by atoms with Crippen LogP contribution in [-0.2, 0) is 4.79 Å². The summed E-state index contributed by atoms with van der Waals surface area (Å²) in [6.45, 7) is 10.0. The van der Waals surface area contributed by atoms with Crippen molar-refractivity contribution in [2.24, 2.45) is 0 Å². The number of anilines is 1. The molecule has 0 aromatic heterocycles. The number of methoxy groups -OCH3 is 1. The van der Waals surface area contributed by atoms with Gasteiger partial charge in [-0.05, 0) is 56.0 Å². The maximum absolute atomic E-state index is 11.0. The highest BCUT2D eigenvalue weighted by Crippen LogP contribution is 2.24. The van der Waals surface area contributed by atoms with Gasteiger partial charge in [0.2, 0.25) is 0 Å². The summed E-state index contributed by atoms with van der Waals surface area (Å²) < 4.78 is 4.97. The molecule has 0 aliphatic rings. The molecule has 144 valence electrons. The molecule has 2 aromatic rings. The summed E-state index contributed by atoms with van der Waals surface area (Å²) in [5.74, 6) is 1.50. The van der Waals surface area contributed by atoms with Crippen LogP contribution in [0.4, 0.5) is 5.69 Å². The molecule has 26 heavy (non-hydrogen) atoms. The lowest BCUT2D eigenvalue weighted by atomic mass is 9.92. The van der Waals surface area contributed by atoms with Crippen molar-refractivity contribution >= 4 is 11.5 Å². The predicted molar refractivity (Wildman–Crippen MR) is 113 cm³/mol. The SMILES string of the molecule is CCC.CCC(CC(C)=O)c1ccc(N)cc1.COc1ccc(C)cc1. The third-order valence-corrected chi connectivity index (χ3v) is 3.69. The van der Waals surface area contributed by atoms with Crippen LogP contribution in [0, 0.1) is 6.92 Å². The van der Waals surface area contributed by atoms with Gasteiger partial charge in [-0.3, -0.25) is 0 Å². The number of hydrogen-bond acceptors (Lipinski definition) is 3. The summed E-state index contributed by atoms with van der Waals surface area (Å²) in [5, 5.41) is 0. The van der Waals surface area contributed by atoms with E-state index in [4.69, 9.17) is 10.5 Å². The minimum atomic E-state index is 0.244. The molecule has 0 saturated heterocycles. The van der Waals surface area contributed by atoms with Gasteiger partial charge in [0.1, 0.15) is 11.5 Å². The Morgan fingerprint density at radius 1 is 1.00 bits per heavy atom. The second-order valence-corrected chi connectivity index (χ2v) is 6.40. The van der Waals surface area contributed by atoms with E-state index in [9.17, 15) is 4.79 Å². The van der Waals surface area contributed by atoms with Crippen LogP contribution in [0.1, 0.15) is 64.0 Å². The van der Waals surface area contributed by atoms with Gasteiger partial charge in [-0.2, -0.15) is 0 Å². The average molecular weight is 358 g/mol. The maximum atomic E-state index is 11.0. The molecule has 1 atom stereocenters. The number of carbonyl (C=O) groups is 1. The van der Waals surface area contributed by atoms with Crippen LogP contribution >= 0.6 is 0 Å². The smallest absolute Gasteiger partial charge is 0.130 e. The van der Waals surface area contributed by atoms with Crippen LogP contribution in [0.5, 0.6) is 5.75 Å². The molecule has 0 fully saturated rings. The number of ketones is 1. The van der Waals surface area contributed by atoms with Crippen LogP contribution < -0.4 is 10.5 Å². The molecule has 0 spiro atoms. The summed E-state index contributed by atoms with van der Waals surface area (Å²) in [5.41, 5.74) is 8.84. The van der Waals surface area contributed by atoms with E-state index in [2.05, 4.69) is 27.7 Å². The van der Waals surface area contributed by atoms with Gasteiger partial charge in [0, 0.05) is 12.1 Å². The topological polar surface area (TPSA) is 52.3 Å². The highest BCUT2D eigenvalue weighted by Gasteiger charge is 2.11. The second kappa shape index (κ2) is 13.9. The summed E-state index contributed by atoms with van der Waals surface area (Å²) >= 11 is 0. The van der Waals surface area contributed by atoms with Crippen molar-refractivity contribution in [2.75, 3.05) is 12.8 Å². The van der Waals surface area contributed by atoms with E-state index >= 15 is 0 Å². The standard InChI is InChI=1S/C12H17NO.C8H10O.C3H8/c1-3-10(8-9(2)14)11-4-6-12(13)7-5-11;1-7-3-5-8(9-2)6-4-7;1-3-2/h4-7,10H,3,8,13H2,1-2H3;3-6H,1-2H3;3H2,1-2H3. The largest absolute Gasteiger partial charge is 0.497 e. The molecule has 0 bridgehead atoms. The molecule has 3 heteroatoms. The fourth-order valence-electron chi connectivity index (χ4n) is 2.29. The van der Waals surface area contributed by atoms with Crippen molar-refractivity contribution < 1.29 is 9.53 Å².